The van der Waals surface area contributed by atoms with Crippen LogP contribution >= 0.6 is 11.3 Å². The minimum Gasteiger partial charge on any atom is -0.361 e. The highest BCUT2D eigenvalue weighted by Gasteiger charge is 2.28. The summed E-state index contributed by atoms with van der Waals surface area (Å²) in [5, 5.41) is 4.84. The van der Waals surface area contributed by atoms with E-state index in [-0.39, 0.29) is 5.75 Å². The van der Waals surface area contributed by atoms with Crippen LogP contribution in [0.5, 0.6) is 0 Å². The molecule has 2 N–H and O–H groups in total. The molecule has 1 saturated heterocycles. The molecule has 0 radical (unpaired) electrons. The third kappa shape index (κ3) is 5.11. The molecular weight excluding hydrogens is 438 g/mol. The lowest BCUT2D eigenvalue weighted by Crippen LogP contribution is -2.38. The summed E-state index contributed by atoms with van der Waals surface area (Å²) in [6, 6.07) is 11.1. The molecule has 1 atom stereocenters. The molecule has 3 heterocycles. The zero-order valence-electron chi connectivity index (χ0n) is 19.4. The first kappa shape index (κ1) is 23.5. The normalized spacial score (nSPS) is 17.2. The van der Waals surface area contributed by atoms with Crippen molar-refractivity contribution in [1.29, 1.82) is 0 Å². The van der Waals surface area contributed by atoms with Crippen molar-refractivity contribution >= 4 is 32.3 Å². The third-order valence-electron chi connectivity index (χ3n) is 6.80. The lowest BCUT2D eigenvalue weighted by Gasteiger charge is -2.30. The van der Waals surface area contributed by atoms with Gasteiger partial charge in [-0.05, 0) is 73.5 Å². The lowest BCUT2D eigenvalue weighted by molar-refractivity contribution is 0.321. The van der Waals surface area contributed by atoms with Gasteiger partial charge in [-0.1, -0.05) is 26.3 Å². The average molecular weight is 474 g/mol. The Morgan fingerprint density at radius 3 is 2.69 bits per heavy atom. The van der Waals surface area contributed by atoms with Gasteiger partial charge < -0.3 is 10.3 Å². The summed E-state index contributed by atoms with van der Waals surface area (Å²) in [7, 11) is -3.09. The third-order valence-corrected chi connectivity index (χ3v) is 9.82. The van der Waals surface area contributed by atoms with E-state index in [4.69, 9.17) is 0 Å². The largest absolute Gasteiger partial charge is 0.361 e. The number of thiophene rings is 1. The van der Waals surface area contributed by atoms with Crippen LogP contribution in [-0.4, -0.2) is 43.1 Å². The van der Waals surface area contributed by atoms with E-state index in [0.29, 0.717) is 24.9 Å². The number of sulfonamides is 1. The second-order valence-corrected chi connectivity index (χ2v) is 12.4. The summed E-state index contributed by atoms with van der Waals surface area (Å²) in [6.45, 7) is 9.45. The quantitative estimate of drug-likeness (QED) is 0.427. The van der Waals surface area contributed by atoms with E-state index in [2.05, 4.69) is 60.7 Å². The minimum atomic E-state index is -3.09. The van der Waals surface area contributed by atoms with Gasteiger partial charge in [0.05, 0.1) is 5.75 Å². The molecule has 1 unspecified atom stereocenters. The molecule has 0 saturated carbocycles. The Balaban J connectivity index is 1.48. The van der Waals surface area contributed by atoms with Crippen molar-refractivity contribution in [2.24, 2.45) is 5.92 Å². The van der Waals surface area contributed by atoms with E-state index in [9.17, 15) is 8.42 Å². The predicted octanol–water partition coefficient (Wildman–Crippen LogP) is 5.56. The van der Waals surface area contributed by atoms with Crippen molar-refractivity contribution in [3.63, 3.8) is 0 Å². The number of H-pyrrole nitrogens is 1. The zero-order valence-corrected chi connectivity index (χ0v) is 21.0. The smallest absolute Gasteiger partial charge is 0.213 e. The van der Waals surface area contributed by atoms with Crippen LogP contribution in [0.2, 0.25) is 0 Å². The fourth-order valence-electron chi connectivity index (χ4n) is 4.47. The van der Waals surface area contributed by atoms with Crippen molar-refractivity contribution in [2.75, 3.05) is 25.4 Å². The molecule has 5 nitrogen and oxygen atoms in total. The van der Waals surface area contributed by atoms with Crippen LogP contribution in [0.25, 0.3) is 21.3 Å². The number of nitrogens with one attached hydrogen (secondary N) is 2. The van der Waals surface area contributed by atoms with E-state index in [1.54, 1.807) is 11.2 Å². The Hall–Kier alpha value is -1.67. The van der Waals surface area contributed by atoms with Crippen molar-refractivity contribution in [3.8, 4) is 10.4 Å². The maximum absolute atomic E-state index is 12.2. The lowest BCUT2D eigenvalue weighted by atomic mass is 9.89. The summed E-state index contributed by atoms with van der Waals surface area (Å²) in [5.41, 5.74) is 3.73. The van der Waals surface area contributed by atoms with E-state index >= 15 is 0 Å². The summed E-state index contributed by atoms with van der Waals surface area (Å²) in [5.74, 6) is 1.29. The number of aromatic nitrogens is 1. The van der Waals surface area contributed by atoms with Crippen molar-refractivity contribution < 1.29 is 8.42 Å². The molecule has 3 aromatic rings. The fraction of sp³-hybridized carbons (Fsp3) is 0.520. The van der Waals surface area contributed by atoms with E-state index < -0.39 is 10.0 Å². The second-order valence-electron chi connectivity index (χ2n) is 8.99. The van der Waals surface area contributed by atoms with Crippen LogP contribution in [0.1, 0.15) is 56.4 Å². The summed E-state index contributed by atoms with van der Waals surface area (Å²) in [4.78, 5) is 6.09. The van der Waals surface area contributed by atoms with E-state index in [1.807, 2.05) is 11.3 Å². The average Bonchev–Trinajstić information content (AvgIpc) is 3.45. The minimum absolute atomic E-state index is 0.185. The molecule has 0 aliphatic carbocycles. The van der Waals surface area contributed by atoms with Gasteiger partial charge >= 0.3 is 0 Å². The number of benzene rings is 1. The van der Waals surface area contributed by atoms with Gasteiger partial charge in [-0.3, -0.25) is 0 Å². The molecular formula is C25H35N3O2S2. The van der Waals surface area contributed by atoms with Gasteiger partial charge in [-0.2, -0.15) is 0 Å². The van der Waals surface area contributed by atoms with Crippen molar-refractivity contribution in [2.45, 2.75) is 52.5 Å². The van der Waals surface area contributed by atoms with Crippen LogP contribution in [0.3, 0.4) is 0 Å². The maximum Gasteiger partial charge on any atom is 0.213 e. The molecule has 1 aliphatic heterocycles. The topological polar surface area (TPSA) is 65.2 Å². The highest BCUT2D eigenvalue weighted by molar-refractivity contribution is 7.89. The Morgan fingerprint density at radius 1 is 1.19 bits per heavy atom. The maximum atomic E-state index is 12.2. The Bertz CT molecular complexity index is 1140. The van der Waals surface area contributed by atoms with Gasteiger partial charge in [0.25, 0.3) is 0 Å². The Morgan fingerprint density at radius 2 is 1.97 bits per heavy atom. The molecule has 174 valence electrons. The first-order valence-corrected chi connectivity index (χ1v) is 14.2. The molecule has 1 fully saturated rings. The summed E-state index contributed by atoms with van der Waals surface area (Å²) >= 11 is 1.86. The molecule has 7 heteroatoms. The molecule has 0 spiro atoms. The molecule has 0 bridgehead atoms. The number of hydrogen-bond donors (Lipinski definition) is 2. The van der Waals surface area contributed by atoms with Gasteiger partial charge in [0.15, 0.2) is 0 Å². The highest BCUT2D eigenvalue weighted by atomic mass is 32.2. The first-order valence-electron chi connectivity index (χ1n) is 11.8. The number of nitrogens with zero attached hydrogens (tertiary/aromatic N) is 1. The highest BCUT2D eigenvalue weighted by Crippen LogP contribution is 2.37. The van der Waals surface area contributed by atoms with Gasteiger partial charge in [-0.15, -0.1) is 11.3 Å². The summed E-state index contributed by atoms with van der Waals surface area (Å²) < 4.78 is 26.0. The number of hydrogen-bond acceptors (Lipinski definition) is 4. The van der Waals surface area contributed by atoms with Gasteiger partial charge in [-0.25, -0.2) is 12.7 Å². The number of aromatic amines is 1. The van der Waals surface area contributed by atoms with Crippen molar-refractivity contribution in [3.05, 3.63) is 47.0 Å². The van der Waals surface area contributed by atoms with Crippen LogP contribution in [0.15, 0.2) is 36.5 Å². The molecule has 1 aliphatic rings. The van der Waals surface area contributed by atoms with Gasteiger partial charge in [0.1, 0.15) is 0 Å². The zero-order chi connectivity index (χ0) is 22.7. The van der Waals surface area contributed by atoms with Crippen LogP contribution < -0.4 is 5.32 Å². The Labute approximate surface area is 196 Å². The number of fused-ring (bicyclic) bond motifs is 1. The van der Waals surface area contributed by atoms with Crippen molar-refractivity contribution in [1.82, 2.24) is 14.6 Å². The van der Waals surface area contributed by atoms with Crippen LogP contribution in [0.4, 0.5) is 0 Å². The molecule has 0 amide bonds. The van der Waals surface area contributed by atoms with Gasteiger partial charge in [0, 0.05) is 46.5 Å². The Kier molecular flexibility index (Phi) is 7.40. The monoisotopic (exact) mass is 473 g/mol. The predicted molar refractivity (Wildman–Crippen MR) is 136 cm³/mol. The van der Waals surface area contributed by atoms with E-state index in [0.717, 1.165) is 31.4 Å². The molecule has 2 aromatic heterocycles. The van der Waals surface area contributed by atoms with E-state index in [1.165, 1.54) is 32.7 Å². The number of piperidine rings is 1. The fourth-order valence-corrected chi connectivity index (χ4v) is 6.58. The molecule has 1 aromatic carbocycles. The first-order chi connectivity index (χ1) is 15.4. The SMILES string of the molecule is CCC(C)CNCc1ccc(-c2ccc3[nH]cc(C4CCN(S(=O)(=O)CC)CC4)c3c2)s1. The molecule has 32 heavy (non-hydrogen) atoms. The standard InChI is InChI=1S/C25H35N3O2S2/c1-4-18(3)15-26-16-21-7-9-25(31-21)20-6-8-24-22(14-20)23(17-27-24)19-10-12-28(13-11-19)32(29,30)5-2/h6-9,14,17-19,26-27H,4-5,10-13,15-16H2,1-3H3. The number of rotatable bonds is 9. The molecule has 4 rings (SSSR count). The summed E-state index contributed by atoms with van der Waals surface area (Å²) in [6.07, 6.45) is 5.08. The van der Waals surface area contributed by atoms with Gasteiger partial charge in [0.2, 0.25) is 10.0 Å². The van der Waals surface area contributed by atoms with Crippen LogP contribution in [0, 0.1) is 5.92 Å². The van der Waals surface area contributed by atoms with Crippen LogP contribution in [-0.2, 0) is 16.6 Å². The second kappa shape index (κ2) is 10.1.